The van der Waals surface area contributed by atoms with Crippen LogP contribution in [0, 0.1) is 24.7 Å². The van der Waals surface area contributed by atoms with Crippen LogP contribution in [0.2, 0.25) is 5.02 Å². The van der Waals surface area contributed by atoms with Crippen molar-refractivity contribution in [3.05, 3.63) is 104 Å². The van der Waals surface area contributed by atoms with Crippen LogP contribution in [-0.4, -0.2) is 28.5 Å². The van der Waals surface area contributed by atoms with Crippen molar-refractivity contribution in [3.63, 3.8) is 0 Å². The molecule has 40 heavy (non-hydrogen) atoms. The standard InChI is InChI=1S/C32H25BrClNO5/c1-3-5-16-6-4-7-19(29(16)37)26-18-10-11-20-27(21(18)13-22-28(26)25(36)14-23(33)30(22)38)32(40)35(31(20)39)17-9-8-15(2)24(34)12-17/h3-4,6-10,12,14,20-21,26-27,37H,1,5,11,13H2,2H3. The number of phenols is 1. The quantitative estimate of drug-likeness (QED) is 0.256. The molecule has 1 saturated heterocycles. The minimum absolute atomic E-state index is 0.0292. The van der Waals surface area contributed by atoms with E-state index in [1.54, 1.807) is 42.5 Å². The molecule has 1 fully saturated rings. The molecule has 4 atom stereocenters. The molecule has 0 spiro atoms. The normalized spacial score (nSPS) is 25.8. The third-order valence-electron chi connectivity index (χ3n) is 8.57. The average molecular weight is 619 g/mol. The number of aromatic hydroxyl groups is 1. The second-order valence-electron chi connectivity index (χ2n) is 10.7. The van der Waals surface area contributed by atoms with E-state index in [0.717, 1.165) is 11.1 Å². The van der Waals surface area contributed by atoms with Crippen LogP contribution in [0.25, 0.3) is 0 Å². The van der Waals surface area contributed by atoms with Gasteiger partial charge in [-0.15, -0.1) is 6.58 Å². The molecule has 1 aliphatic heterocycles. The third kappa shape index (κ3) is 3.90. The van der Waals surface area contributed by atoms with E-state index in [-0.39, 0.29) is 40.0 Å². The predicted octanol–water partition coefficient (Wildman–Crippen LogP) is 6.05. The lowest BCUT2D eigenvalue weighted by Gasteiger charge is -2.42. The minimum atomic E-state index is -0.724. The lowest BCUT2D eigenvalue weighted by molar-refractivity contribution is -0.123. The summed E-state index contributed by atoms with van der Waals surface area (Å²) in [4.78, 5) is 55.7. The van der Waals surface area contributed by atoms with Crippen molar-refractivity contribution >= 4 is 56.6 Å². The van der Waals surface area contributed by atoms with E-state index in [1.807, 2.05) is 13.0 Å². The molecule has 4 aliphatic rings. The van der Waals surface area contributed by atoms with E-state index in [4.69, 9.17) is 11.6 Å². The van der Waals surface area contributed by atoms with Gasteiger partial charge in [-0.2, -0.15) is 0 Å². The Hall–Kier alpha value is -3.55. The Morgan fingerprint density at radius 3 is 2.62 bits per heavy atom. The maximum absolute atomic E-state index is 14.0. The minimum Gasteiger partial charge on any atom is -0.507 e. The van der Waals surface area contributed by atoms with Crippen molar-refractivity contribution < 1.29 is 24.3 Å². The first-order chi connectivity index (χ1) is 19.1. The molecule has 202 valence electrons. The number of halogens is 2. The van der Waals surface area contributed by atoms with Crippen LogP contribution in [-0.2, 0) is 25.6 Å². The maximum Gasteiger partial charge on any atom is 0.238 e. The molecule has 2 amide bonds. The summed E-state index contributed by atoms with van der Waals surface area (Å²) < 4.78 is 0.157. The monoisotopic (exact) mass is 617 g/mol. The highest BCUT2D eigenvalue weighted by molar-refractivity contribution is 9.12. The highest BCUT2D eigenvalue weighted by Crippen LogP contribution is 2.56. The summed E-state index contributed by atoms with van der Waals surface area (Å²) in [5.74, 6) is -3.78. The first-order valence-electron chi connectivity index (χ1n) is 13.1. The van der Waals surface area contributed by atoms with Crippen molar-refractivity contribution in [3.8, 4) is 5.75 Å². The van der Waals surface area contributed by atoms with Gasteiger partial charge in [-0.25, -0.2) is 4.90 Å². The zero-order valence-corrected chi connectivity index (χ0v) is 24.0. The number of para-hydroxylation sites is 1. The highest BCUT2D eigenvalue weighted by Gasteiger charge is 2.57. The summed E-state index contributed by atoms with van der Waals surface area (Å²) in [7, 11) is 0. The van der Waals surface area contributed by atoms with Gasteiger partial charge in [-0.05, 0) is 71.3 Å². The van der Waals surface area contributed by atoms with Crippen molar-refractivity contribution in [2.24, 2.45) is 17.8 Å². The molecule has 1 heterocycles. The molecule has 3 aliphatic carbocycles. The number of allylic oxidation sites excluding steroid dienone is 7. The van der Waals surface area contributed by atoms with Gasteiger partial charge in [-0.3, -0.25) is 19.2 Å². The second-order valence-corrected chi connectivity index (χ2v) is 11.9. The van der Waals surface area contributed by atoms with E-state index >= 15 is 0 Å². The predicted molar refractivity (Wildman–Crippen MR) is 155 cm³/mol. The Kier molecular flexibility index (Phi) is 6.55. The molecule has 8 heteroatoms. The SMILES string of the molecule is C=CCc1cccc(C2C3=CCC4C(=O)N(c5ccc(C)c(Cl)c5)C(=O)C4C3CC3=C2C(=O)C=C(Br)C3=O)c1O. The number of amides is 2. The summed E-state index contributed by atoms with van der Waals surface area (Å²) in [6.07, 6.45) is 5.78. The number of rotatable bonds is 4. The number of imide groups is 1. The number of nitrogens with zero attached hydrogens (tertiary/aromatic N) is 1. The smallest absolute Gasteiger partial charge is 0.238 e. The highest BCUT2D eigenvalue weighted by atomic mass is 79.9. The fraction of sp³-hybridized carbons (Fsp3) is 0.250. The average Bonchev–Trinajstić information content (AvgIpc) is 3.19. The topological polar surface area (TPSA) is 91.8 Å². The van der Waals surface area contributed by atoms with Gasteiger partial charge < -0.3 is 5.11 Å². The van der Waals surface area contributed by atoms with Crippen molar-refractivity contribution in [1.29, 1.82) is 0 Å². The van der Waals surface area contributed by atoms with Gasteiger partial charge in [0, 0.05) is 33.7 Å². The van der Waals surface area contributed by atoms with E-state index in [2.05, 4.69) is 22.5 Å². The van der Waals surface area contributed by atoms with E-state index < -0.39 is 23.7 Å². The fourth-order valence-electron chi connectivity index (χ4n) is 6.70. The largest absolute Gasteiger partial charge is 0.507 e. The number of anilines is 1. The number of Topliss-reactive ketones (excluding diaryl/α,β-unsaturated/α-hetero) is 1. The Morgan fingerprint density at radius 2 is 1.90 bits per heavy atom. The van der Waals surface area contributed by atoms with Crippen LogP contribution in [0.4, 0.5) is 5.69 Å². The second kappa shape index (κ2) is 9.82. The Labute approximate surface area is 244 Å². The number of benzene rings is 2. The molecular formula is C32H25BrClNO5. The van der Waals surface area contributed by atoms with Gasteiger partial charge in [0.1, 0.15) is 5.75 Å². The number of carbonyl (C=O) groups excluding carboxylic acids is 4. The van der Waals surface area contributed by atoms with Gasteiger partial charge in [0.05, 0.1) is 22.0 Å². The Bertz CT molecular complexity index is 1650. The summed E-state index contributed by atoms with van der Waals surface area (Å²) in [6.45, 7) is 5.61. The number of phenolic OH excluding ortho intramolecular Hbond substituents is 1. The van der Waals surface area contributed by atoms with E-state index in [0.29, 0.717) is 45.8 Å². The van der Waals surface area contributed by atoms with Crippen LogP contribution in [0.1, 0.15) is 35.4 Å². The van der Waals surface area contributed by atoms with Crippen molar-refractivity contribution in [2.45, 2.75) is 32.1 Å². The molecule has 2 aromatic carbocycles. The summed E-state index contributed by atoms with van der Waals surface area (Å²) >= 11 is 9.57. The fourth-order valence-corrected chi connectivity index (χ4v) is 7.32. The van der Waals surface area contributed by atoms with E-state index in [1.165, 1.54) is 11.0 Å². The number of fused-ring (bicyclic) bond motifs is 3. The number of hydrogen-bond donors (Lipinski definition) is 1. The Balaban J connectivity index is 1.50. The van der Waals surface area contributed by atoms with Crippen molar-refractivity contribution in [1.82, 2.24) is 0 Å². The van der Waals surface area contributed by atoms with Crippen LogP contribution >= 0.6 is 27.5 Å². The zero-order chi connectivity index (χ0) is 28.5. The number of carbonyl (C=O) groups is 4. The molecule has 0 bridgehead atoms. The molecule has 6 rings (SSSR count). The molecule has 6 nitrogen and oxygen atoms in total. The van der Waals surface area contributed by atoms with Crippen LogP contribution in [0.5, 0.6) is 5.75 Å². The summed E-state index contributed by atoms with van der Waals surface area (Å²) in [6, 6.07) is 10.4. The first-order valence-corrected chi connectivity index (χ1v) is 14.3. The van der Waals surface area contributed by atoms with Gasteiger partial charge >= 0.3 is 0 Å². The lowest BCUT2D eigenvalue weighted by Crippen LogP contribution is -2.39. The molecule has 0 saturated carbocycles. The Morgan fingerprint density at radius 1 is 1.12 bits per heavy atom. The maximum atomic E-state index is 14.0. The van der Waals surface area contributed by atoms with Crippen LogP contribution in [0.3, 0.4) is 0 Å². The van der Waals surface area contributed by atoms with Crippen LogP contribution in [0.15, 0.2) is 82.4 Å². The number of hydrogen-bond acceptors (Lipinski definition) is 5. The third-order valence-corrected chi connectivity index (χ3v) is 9.57. The molecular weight excluding hydrogens is 594 g/mol. The van der Waals surface area contributed by atoms with Crippen molar-refractivity contribution in [2.75, 3.05) is 4.90 Å². The molecule has 2 aromatic rings. The summed E-state index contributed by atoms with van der Waals surface area (Å²) in [5.41, 5.74) is 3.80. The van der Waals surface area contributed by atoms with Gasteiger partial charge in [0.15, 0.2) is 11.6 Å². The van der Waals surface area contributed by atoms with Gasteiger partial charge in [-0.1, -0.05) is 53.6 Å². The molecule has 0 aromatic heterocycles. The summed E-state index contributed by atoms with van der Waals surface area (Å²) in [5, 5.41) is 11.8. The number of ketones is 2. The zero-order valence-electron chi connectivity index (χ0n) is 21.6. The van der Waals surface area contributed by atoms with Gasteiger partial charge in [0.25, 0.3) is 0 Å². The number of aryl methyl sites for hydroxylation is 1. The van der Waals surface area contributed by atoms with E-state index in [9.17, 15) is 24.3 Å². The van der Waals surface area contributed by atoms with Gasteiger partial charge in [0.2, 0.25) is 11.8 Å². The lowest BCUT2D eigenvalue weighted by atomic mass is 9.59. The molecule has 0 radical (unpaired) electrons. The first kappa shape index (κ1) is 26.7. The van der Waals surface area contributed by atoms with Crippen LogP contribution < -0.4 is 4.90 Å². The molecule has 4 unspecified atom stereocenters. The molecule has 1 N–H and O–H groups in total.